The molecule has 1 saturated heterocycles. The number of nitrogens with zero attached hydrogens (tertiary/aromatic N) is 2. The second kappa shape index (κ2) is 7.85. The van der Waals surface area contributed by atoms with Gasteiger partial charge in [0.05, 0.1) is 7.11 Å². The van der Waals surface area contributed by atoms with Crippen LogP contribution >= 0.6 is 0 Å². The van der Waals surface area contributed by atoms with Crippen LogP contribution in [0.5, 0.6) is 0 Å². The number of amides is 2. The number of carbonyl (C=O) groups is 3. The van der Waals surface area contributed by atoms with Gasteiger partial charge in [-0.2, -0.15) is 0 Å². The molecule has 21 heavy (non-hydrogen) atoms. The summed E-state index contributed by atoms with van der Waals surface area (Å²) >= 11 is 0. The van der Waals surface area contributed by atoms with Crippen molar-refractivity contribution >= 4 is 18.0 Å². The van der Waals surface area contributed by atoms with Crippen molar-refractivity contribution < 1.29 is 24.2 Å². The molecule has 120 valence electrons. The van der Waals surface area contributed by atoms with Crippen LogP contribution in [0.25, 0.3) is 0 Å². The van der Waals surface area contributed by atoms with E-state index in [0.717, 1.165) is 6.42 Å². The minimum absolute atomic E-state index is 0.0247. The predicted octanol–water partition coefficient (Wildman–Crippen LogP) is 1.32. The zero-order valence-electron chi connectivity index (χ0n) is 12.9. The van der Waals surface area contributed by atoms with Crippen LogP contribution in [-0.2, 0) is 14.3 Å². The quantitative estimate of drug-likeness (QED) is 0.747. The van der Waals surface area contributed by atoms with E-state index in [1.54, 1.807) is 4.90 Å². The van der Waals surface area contributed by atoms with Gasteiger partial charge in [-0.25, -0.2) is 9.59 Å². The molecule has 7 heteroatoms. The zero-order valence-corrected chi connectivity index (χ0v) is 12.9. The Morgan fingerprint density at radius 3 is 2.57 bits per heavy atom. The molecule has 0 aromatic heterocycles. The fourth-order valence-electron chi connectivity index (χ4n) is 2.52. The Balaban J connectivity index is 2.71. The normalized spacial score (nSPS) is 17.9. The Morgan fingerprint density at radius 2 is 2.05 bits per heavy atom. The summed E-state index contributed by atoms with van der Waals surface area (Å²) in [4.78, 5) is 38.0. The molecule has 0 aromatic carbocycles. The molecule has 2 amide bonds. The molecule has 1 rings (SSSR count). The van der Waals surface area contributed by atoms with Crippen molar-refractivity contribution in [2.75, 3.05) is 20.2 Å². The van der Waals surface area contributed by atoms with E-state index in [1.165, 1.54) is 12.0 Å². The van der Waals surface area contributed by atoms with Gasteiger partial charge < -0.3 is 19.6 Å². The number of esters is 1. The maximum absolute atomic E-state index is 12.6. The number of carboxylic acid groups (broad SMARTS) is 1. The summed E-state index contributed by atoms with van der Waals surface area (Å²) in [6, 6.07) is -0.795. The van der Waals surface area contributed by atoms with Gasteiger partial charge in [0.1, 0.15) is 6.04 Å². The third kappa shape index (κ3) is 4.61. The molecular weight excluding hydrogens is 276 g/mol. The number of likely N-dealkylation sites (tertiary alicyclic amines) is 1. The molecule has 0 bridgehead atoms. The lowest BCUT2D eigenvalue weighted by Gasteiger charge is -2.33. The van der Waals surface area contributed by atoms with Gasteiger partial charge in [-0.15, -0.1) is 0 Å². The number of methoxy groups -OCH3 is 1. The third-order valence-corrected chi connectivity index (χ3v) is 3.63. The number of aliphatic carboxylic acids is 1. The largest absolute Gasteiger partial charge is 0.481 e. The molecule has 7 nitrogen and oxygen atoms in total. The summed E-state index contributed by atoms with van der Waals surface area (Å²) in [5, 5.41) is 8.69. The smallest absolute Gasteiger partial charge is 0.328 e. The average Bonchev–Trinajstić information content (AvgIpc) is 2.90. The van der Waals surface area contributed by atoms with Gasteiger partial charge in [-0.1, -0.05) is 0 Å². The third-order valence-electron chi connectivity index (χ3n) is 3.63. The highest BCUT2D eigenvalue weighted by Crippen LogP contribution is 2.21. The fraction of sp³-hybridized carbons (Fsp3) is 0.786. The molecule has 1 aliphatic heterocycles. The van der Waals surface area contributed by atoms with Crippen LogP contribution in [0.15, 0.2) is 0 Å². The molecule has 1 N–H and O–H groups in total. The average molecular weight is 300 g/mol. The number of urea groups is 1. The minimum Gasteiger partial charge on any atom is -0.481 e. The van der Waals surface area contributed by atoms with E-state index >= 15 is 0 Å². The summed E-state index contributed by atoms with van der Waals surface area (Å²) < 4.78 is 4.74. The summed E-state index contributed by atoms with van der Waals surface area (Å²) in [6.45, 7) is 4.65. The second-order valence-corrected chi connectivity index (χ2v) is 5.44. The van der Waals surface area contributed by atoms with E-state index < -0.39 is 18.0 Å². The second-order valence-electron chi connectivity index (χ2n) is 5.44. The molecule has 1 fully saturated rings. The van der Waals surface area contributed by atoms with Crippen LogP contribution in [-0.4, -0.2) is 65.2 Å². The molecule has 1 aliphatic rings. The predicted molar refractivity (Wildman–Crippen MR) is 75.9 cm³/mol. The Morgan fingerprint density at radius 1 is 1.38 bits per heavy atom. The zero-order chi connectivity index (χ0) is 16.0. The first-order valence-corrected chi connectivity index (χ1v) is 7.25. The van der Waals surface area contributed by atoms with E-state index in [4.69, 9.17) is 9.84 Å². The molecule has 0 aliphatic carbocycles. The molecule has 0 saturated carbocycles. The van der Waals surface area contributed by atoms with E-state index in [1.807, 2.05) is 13.8 Å². The summed E-state index contributed by atoms with van der Waals surface area (Å²) in [7, 11) is 1.32. The standard InChI is InChI=1S/C14H24N2O5/c1-10(2)15(8-5-7-12(17)18)14(20)16-9-4-6-11(16)13(19)21-3/h10-11H,4-9H2,1-3H3,(H,17,18). The molecule has 1 unspecified atom stereocenters. The van der Waals surface area contributed by atoms with Crippen LogP contribution in [0.2, 0.25) is 0 Å². The SMILES string of the molecule is COC(=O)C1CCCN1C(=O)N(CCCC(=O)O)C(C)C. The van der Waals surface area contributed by atoms with Gasteiger partial charge >= 0.3 is 18.0 Å². The van der Waals surface area contributed by atoms with Crippen molar-refractivity contribution in [1.82, 2.24) is 9.80 Å². The molecular formula is C14H24N2O5. The highest BCUT2D eigenvalue weighted by atomic mass is 16.5. The van der Waals surface area contributed by atoms with Crippen LogP contribution in [0.1, 0.15) is 39.5 Å². The Labute approximate surface area is 124 Å². The van der Waals surface area contributed by atoms with Gasteiger partial charge in [0.25, 0.3) is 0 Å². The summed E-state index contributed by atoms with van der Waals surface area (Å²) in [6.07, 6.45) is 1.80. The lowest BCUT2D eigenvalue weighted by Crippen LogP contribution is -2.50. The first-order chi connectivity index (χ1) is 9.88. The van der Waals surface area contributed by atoms with Crippen molar-refractivity contribution in [2.24, 2.45) is 0 Å². The van der Waals surface area contributed by atoms with Gasteiger partial charge in [-0.05, 0) is 33.1 Å². The Kier molecular flexibility index (Phi) is 6.45. The maximum atomic E-state index is 12.6. The van der Waals surface area contributed by atoms with Crippen LogP contribution < -0.4 is 0 Å². The van der Waals surface area contributed by atoms with Gasteiger partial charge in [0.2, 0.25) is 0 Å². The van der Waals surface area contributed by atoms with Crippen LogP contribution in [0.4, 0.5) is 4.79 Å². The van der Waals surface area contributed by atoms with Crippen LogP contribution in [0, 0.1) is 0 Å². The summed E-state index contributed by atoms with van der Waals surface area (Å²) in [5.41, 5.74) is 0. The highest BCUT2D eigenvalue weighted by Gasteiger charge is 2.37. The number of ether oxygens (including phenoxy) is 1. The Bertz CT molecular complexity index is 397. The number of hydrogen-bond donors (Lipinski definition) is 1. The number of hydrogen-bond acceptors (Lipinski definition) is 4. The first kappa shape index (κ1) is 17.3. The van der Waals surface area contributed by atoms with Gasteiger partial charge in [0.15, 0.2) is 0 Å². The van der Waals surface area contributed by atoms with E-state index in [0.29, 0.717) is 25.9 Å². The van der Waals surface area contributed by atoms with E-state index in [-0.39, 0.29) is 18.5 Å². The van der Waals surface area contributed by atoms with Crippen molar-refractivity contribution in [1.29, 1.82) is 0 Å². The fourth-order valence-corrected chi connectivity index (χ4v) is 2.52. The Hall–Kier alpha value is -1.79. The van der Waals surface area contributed by atoms with Gasteiger partial charge in [0, 0.05) is 25.6 Å². The van der Waals surface area contributed by atoms with E-state index in [2.05, 4.69) is 0 Å². The number of carboxylic acids is 1. The number of rotatable bonds is 6. The molecule has 0 spiro atoms. The van der Waals surface area contributed by atoms with Crippen molar-refractivity contribution in [3.05, 3.63) is 0 Å². The summed E-state index contributed by atoms with van der Waals surface area (Å²) in [5.74, 6) is -1.27. The molecule has 0 radical (unpaired) electrons. The van der Waals surface area contributed by atoms with Gasteiger partial charge in [-0.3, -0.25) is 4.79 Å². The molecule has 0 aromatic rings. The van der Waals surface area contributed by atoms with Crippen LogP contribution in [0.3, 0.4) is 0 Å². The molecule has 1 heterocycles. The monoisotopic (exact) mass is 300 g/mol. The van der Waals surface area contributed by atoms with E-state index in [9.17, 15) is 14.4 Å². The highest BCUT2D eigenvalue weighted by molar-refractivity contribution is 5.84. The lowest BCUT2D eigenvalue weighted by atomic mass is 10.2. The topological polar surface area (TPSA) is 87.2 Å². The van der Waals surface area contributed by atoms with Crippen molar-refractivity contribution in [2.45, 2.75) is 51.6 Å². The number of carbonyl (C=O) groups excluding carboxylic acids is 2. The molecule has 1 atom stereocenters. The minimum atomic E-state index is -0.875. The van der Waals surface area contributed by atoms with Crippen molar-refractivity contribution in [3.8, 4) is 0 Å². The maximum Gasteiger partial charge on any atom is 0.328 e. The lowest BCUT2D eigenvalue weighted by molar-refractivity contribution is -0.145. The van der Waals surface area contributed by atoms with Crippen molar-refractivity contribution in [3.63, 3.8) is 0 Å². The first-order valence-electron chi connectivity index (χ1n) is 7.25.